The van der Waals surface area contributed by atoms with Crippen LogP contribution < -0.4 is 14.8 Å². The van der Waals surface area contributed by atoms with Crippen molar-refractivity contribution >= 4 is 11.9 Å². The Hall–Kier alpha value is -2.28. The Morgan fingerprint density at radius 2 is 1.72 bits per heavy atom. The minimum Gasteiger partial charge on any atom is -0.497 e. The second-order valence-corrected chi connectivity index (χ2v) is 6.58. The summed E-state index contributed by atoms with van der Waals surface area (Å²) in [6.45, 7) is 7.43. The molecule has 2 unspecified atom stereocenters. The summed E-state index contributed by atoms with van der Waals surface area (Å²) in [5.41, 5.74) is -0.363. The van der Waals surface area contributed by atoms with E-state index >= 15 is 0 Å². The highest BCUT2D eigenvalue weighted by atomic mass is 16.5. The minimum atomic E-state index is -1.11. The summed E-state index contributed by atoms with van der Waals surface area (Å²) < 4.78 is 16.1. The average molecular weight is 353 g/mol. The lowest BCUT2D eigenvalue weighted by atomic mass is 10.1. The number of benzene rings is 1. The van der Waals surface area contributed by atoms with Crippen LogP contribution in [0.2, 0.25) is 0 Å². The van der Waals surface area contributed by atoms with Gasteiger partial charge in [-0.2, -0.15) is 0 Å². The third kappa shape index (κ3) is 7.89. The summed E-state index contributed by atoms with van der Waals surface area (Å²) in [5, 5.41) is 11.7. The molecule has 2 atom stereocenters. The standard InChI is InChI=1S/C18H27NO6/c1-12(25-14-8-6-13(23-5)7-9-14)16(20)19-15(17(21)22)10-11-24-18(2,3)4/h6-9,12,15H,10-11H2,1-5H3,(H,19,20)(H,21,22). The Bertz CT molecular complexity index is 564. The first-order valence-corrected chi connectivity index (χ1v) is 8.10. The van der Waals surface area contributed by atoms with Gasteiger partial charge in [0.1, 0.15) is 17.5 Å². The first-order valence-electron chi connectivity index (χ1n) is 8.10. The van der Waals surface area contributed by atoms with E-state index in [1.54, 1.807) is 38.3 Å². The lowest BCUT2D eigenvalue weighted by Crippen LogP contribution is -2.47. The number of amides is 1. The Morgan fingerprint density at radius 1 is 1.16 bits per heavy atom. The predicted molar refractivity (Wildman–Crippen MR) is 93.0 cm³/mol. The van der Waals surface area contributed by atoms with Crippen LogP contribution in [0.15, 0.2) is 24.3 Å². The molecule has 0 aliphatic rings. The monoisotopic (exact) mass is 353 g/mol. The van der Waals surface area contributed by atoms with Crippen LogP contribution in [-0.4, -0.2) is 48.4 Å². The molecule has 0 fully saturated rings. The largest absolute Gasteiger partial charge is 0.497 e. The van der Waals surface area contributed by atoms with Crippen LogP contribution in [0.3, 0.4) is 0 Å². The normalized spacial score (nSPS) is 13.6. The number of ether oxygens (including phenoxy) is 3. The van der Waals surface area contributed by atoms with Gasteiger partial charge in [-0.05, 0) is 52.0 Å². The van der Waals surface area contributed by atoms with Gasteiger partial charge in [0.25, 0.3) is 5.91 Å². The number of carbonyl (C=O) groups is 2. The quantitative estimate of drug-likeness (QED) is 0.707. The van der Waals surface area contributed by atoms with Crippen molar-refractivity contribution in [2.45, 2.75) is 51.9 Å². The Kier molecular flexibility index (Phi) is 7.70. The highest BCUT2D eigenvalue weighted by Crippen LogP contribution is 2.18. The maximum Gasteiger partial charge on any atom is 0.326 e. The number of rotatable bonds is 9. The van der Waals surface area contributed by atoms with Gasteiger partial charge in [-0.15, -0.1) is 0 Å². The fraction of sp³-hybridized carbons (Fsp3) is 0.556. The topological polar surface area (TPSA) is 94.1 Å². The summed E-state index contributed by atoms with van der Waals surface area (Å²) in [7, 11) is 1.56. The van der Waals surface area contributed by atoms with Gasteiger partial charge in [0.15, 0.2) is 6.10 Å². The van der Waals surface area contributed by atoms with Gasteiger partial charge in [0.2, 0.25) is 0 Å². The van der Waals surface area contributed by atoms with E-state index in [4.69, 9.17) is 14.2 Å². The third-order valence-electron chi connectivity index (χ3n) is 3.30. The summed E-state index contributed by atoms with van der Waals surface area (Å²) in [6, 6.07) is 5.74. The highest BCUT2D eigenvalue weighted by molar-refractivity contribution is 5.86. The van der Waals surface area contributed by atoms with Gasteiger partial charge in [-0.25, -0.2) is 4.79 Å². The smallest absolute Gasteiger partial charge is 0.326 e. The number of nitrogens with one attached hydrogen (secondary N) is 1. The van der Waals surface area contributed by atoms with Crippen LogP contribution in [0, 0.1) is 0 Å². The molecule has 0 heterocycles. The molecule has 0 aliphatic carbocycles. The molecule has 0 saturated carbocycles. The molecule has 1 aromatic rings. The summed E-state index contributed by atoms with van der Waals surface area (Å²) >= 11 is 0. The molecule has 1 aromatic carbocycles. The van der Waals surface area contributed by atoms with E-state index in [9.17, 15) is 14.7 Å². The van der Waals surface area contributed by atoms with E-state index in [1.165, 1.54) is 0 Å². The van der Waals surface area contributed by atoms with E-state index in [-0.39, 0.29) is 18.6 Å². The average Bonchev–Trinajstić information content (AvgIpc) is 2.53. The summed E-state index contributed by atoms with van der Waals surface area (Å²) in [5.74, 6) is -0.442. The molecule has 140 valence electrons. The molecule has 1 rings (SSSR count). The second kappa shape index (κ2) is 9.27. The van der Waals surface area contributed by atoms with Crippen molar-refractivity contribution in [2.24, 2.45) is 0 Å². The van der Waals surface area contributed by atoms with Crippen molar-refractivity contribution in [3.63, 3.8) is 0 Å². The first-order chi connectivity index (χ1) is 11.6. The molecule has 0 radical (unpaired) electrons. The zero-order valence-electron chi connectivity index (χ0n) is 15.4. The molecule has 25 heavy (non-hydrogen) atoms. The lowest BCUT2D eigenvalue weighted by molar-refractivity contribution is -0.143. The number of methoxy groups -OCH3 is 1. The minimum absolute atomic E-state index is 0.174. The first kappa shape index (κ1) is 20.8. The third-order valence-corrected chi connectivity index (χ3v) is 3.30. The molecule has 0 spiro atoms. The lowest BCUT2D eigenvalue weighted by Gasteiger charge is -2.22. The van der Waals surface area contributed by atoms with Crippen LogP contribution in [-0.2, 0) is 14.3 Å². The molecular formula is C18H27NO6. The van der Waals surface area contributed by atoms with Crippen molar-refractivity contribution < 1.29 is 28.9 Å². The number of aliphatic carboxylic acids is 1. The van der Waals surface area contributed by atoms with Crippen LogP contribution in [0.5, 0.6) is 11.5 Å². The molecule has 1 amide bonds. The fourth-order valence-electron chi connectivity index (χ4n) is 1.94. The number of carboxylic acids is 1. The number of carboxylic acid groups (broad SMARTS) is 1. The SMILES string of the molecule is COc1ccc(OC(C)C(=O)NC(CCOC(C)(C)C)C(=O)O)cc1. The highest BCUT2D eigenvalue weighted by Gasteiger charge is 2.24. The Balaban J connectivity index is 2.55. The van der Waals surface area contributed by atoms with Crippen molar-refractivity contribution in [3.05, 3.63) is 24.3 Å². The van der Waals surface area contributed by atoms with Gasteiger partial charge < -0.3 is 24.6 Å². The summed E-state index contributed by atoms with van der Waals surface area (Å²) in [4.78, 5) is 23.5. The van der Waals surface area contributed by atoms with Crippen LogP contribution in [0.4, 0.5) is 0 Å². The molecule has 0 aromatic heterocycles. The molecule has 7 nitrogen and oxygen atoms in total. The van der Waals surface area contributed by atoms with Crippen LogP contribution in [0.1, 0.15) is 34.1 Å². The van der Waals surface area contributed by atoms with Crippen LogP contribution in [0.25, 0.3) is 0 Å². The van der Waals surface area contributed by atoms with Gasteiger partial charge >= 0.3 is 5.97 Å². The fourth-order valence-corrected chi connectivity index (χ4v) is 1.94. The maximum absolute atomic E-state index is 12.2. The zero-order valence-corrected chi connectivity index (χ0v) is 15.4. The number of carbonyl (C=O) groups excluding carboxylic acids is 1. The Morgan fingerprint density at radius 3 is 2.20 bits per heavy atom. The van der Waals surface area contributed by atoms with E-state index in [2.05, 4.69) is 5.32 Å². The van der Waals surface area contributed by atoms with Crippen molar-refractivity contribution in [2.75, 3.05) is 13.7 Å². The molecule has 0 aliphatic heterocycles. The molecule has 0 saturated heterocycles. The van der Waals surface area contributed by atoms with E-state index < -0.39 is 24.0 Å². The molecular weight excluding hydrogens is 326 g/mol. The van der Waals surface area contributed by atoms with Gasteiger partial charge in [0.05, 0.1) is 12.7 Å². The maximum atomic E-state index is 12.2. The molecule has 0 bridgehead atoms. The van der Waals surface area contributed by atoms with Crippen molar-refractivity contribution in [3.8, 4) is 11.5 Å². The van der Waals surface area contributed by atoms with Crippen LogP contribution >= 0.6 is 0 Å². The predicted octanol–water partition coefficient (Wildman–Crippen LogP) is 2.24. The van der Waals surface area contributed by atoms with Gasteiger partial charge in [-0.1, -0.05) is 0 Å². The van der Waals surface area contributed by atoms with Crippen molar-refractivity contribution in [1.29, 1.82) is 0 Å². The van der Waals surface area contributed by atoms with E-state index in [1.807, 2.05) is 20.8 Å². The van der Waals surface area contributed by atoms with Gasteiger partial charge in [0, 0.05) is 13.0 Å². The number of hydrogen-bond acceptors (Lipinski definition) is 5. The van der Waals surface area contributed by atoms with E-state index in [0.29, 0.717) is 11.5 Å². The van der Waals surface area contributed by atoms with E-state index in [0.717, 1.165) is 0 Å². The zero-order chi connectivity index (χ0) is 19.0. The summed E-state index contributed by atoms with van der Waals surface area (Å²) in [6.07, 6.45) is -0.660. The van der Waals surface area contributed by atoms with Crippen molar-refractivity contribution in [1.82, 2.24) is 5.32 Å². The number of hydrogen-bond donors (Lipinski definition) is 2. The Labute approximate surface area is 148 Å². The molecule has 2 N–H and O–H groups in total. The van der Waals surface area contributed by atoms with Gasteiger partial charge in [-0.3, -0.25) is 4.79 Å². The molecule has 7 heteroatoms. The second-order valence-electron chi connectivity index (χ2n) is 6.58.